The maximum absolute atomic E-state index is 6.21. The van der Waals surface area contributed by atoms with E-state index in [9.17, 15) is 0 Å². The highest BCUT2D eigenvalue weighted by atomic mass is 35.5. The van der Waals surface area contributed by atoms with E-state index in [1.807, 2.05) is 26.1 Å². The summed E-state index contributed by atoms with van der Waals surface area (Å²) in [5, 5.41) is -0.154. The Morgan fingerprint density at radius 2 is 2.17 bits per heavy atom. The molecule has 0 bridgehead atoms. The summed E-state index contributed by atoms with van der Waals surface area (Å²) in [6, 6.07) is 2.19. The molecule has 0 radical (unpaired) electrons. The largest absolute Gasteiger partial charge is 0.383 e. The maximum Gasteiger partial charge on any atom is 0.160 e. The molecule has 5 heteroatoms. The molecule has 0 saturated heterocycles. The molecule has 18 heavy (non-hydrogen) atoms. The van der Waals surface area contributed by atoms with Gasteiger partial charge in [-0.1, -0.05) is 0 Å². The number of methoxy groups -OCH3 is 1. The van der Waals surface area contributed by atoms with Gasteiger partial charge >= 0.3 is 0 Å². The number of rotatable bonds is 4. The van der Waals surface area contributed by atoms with Crippen LogP contribution in [-0.4, -0.2) is 28.3 Å². The predicted molar refractivity (Wildman–Crippen MR) is 73.1 cm³/mol. The van der Waals surface area contributed by atoms with Crippen LogP contribution in [0.4, 0.5) is 0 Å². The first-order valence-corrected chi connectivity index (χ1v) is 6.45. The van der Waals surface area contributed by atoms with Gasteiger partial charge in [0.05, 0.1) is 18.0 Å². The molecule has 2 aromatic heterocycles. The Balaban J connectivity index is 2.62. The molecule has 2 rings (SSSR count). The van der Waals surface area contributed by atoms with Gasteiger partial charge in [0.2, 0.25) is 0 Å². The average molecular weight is 268 g/mol. The van der Waals surface area contributed by atoms with E-state index in [4.69, 9.17) is 16.3 Å². The summed E-state index contributed by atoms with van der Waals surface area (Å²) in [5.41, 5.74) is 2.86. The van der Waals surface area contributed by atoms with Gasteiger partial charge in [-0.15, -0.1) is 11.6 Å². The average Bonchev–Trinajstić information content (AvgIpc) is 2.67. The van der Waals surface area contributed by atoms with Crippen LogP contribution in [0.1, 0.15) is 36.7 Å². The second-order valence-electron chi connectivity index (χ2n) is 4.62. The summed E-state index contributed by atoms with van der Waals surface area (Å²) in [7, 11) is 1.69. The summed E-state index contributed by atoms with van der Waals surface area (Å²) in [6.07, 6.45) is 1.85. The minimum absolute atomic E-state index is 0.154. The minimum atomic E-state index is -0.154. The smallest absolute Gasteiger partial charge is 0.160 e. The molecule has 4 nitrogen and oxygen atoms in total. The van der Waals surface area contributed by atoms with Gasteiger partial charge in [0, 0.05) is 13.3 Å². The lowest BCUT2D eigenvalue weighted by molar-refractivity contribution is 0.162. The van der Waals surface area contributed by atoms with E-state index in [1.165, 1.54) is 0 Å². The predicted octanol–water partition coefficient (Wildman–Crippen LogP) is 3.25. The molecular weight excluding hydrogens is 250 g/mol. The van der Waals surface area contributed by atoms with Crippen LogP contribution >= 0.6 is 11.6 Å². The van der Waals surface area contributed by atoms with Crippen molar-refractivity contribution < 1.29 is 4.74 Å². The Morgan fingerprint density at radius 3 is 2.78 bits per heavy atom. The van der Waals surface area contributed by atoms with E-state index < -0.39 is 0 Å². The highest BCUT2D eigenvalue weighted by Crippen LogP contribution is 2.27. The first-order valence-electron chi connectivity index (χ1n) is 6.02. The van der Waals surface area contributed by atoms with E-state index in [-0.39, 0.29) is 11.4 Å². The van der Waals surface area contributed by atoms with Crippen molar-refractivity contribution in [3.63, 3.8) is 0 Å². The van der Waals surface area contributed by atoms with Gasteiger partial charge < -0.3 is 9.30 Å². The SMILES string of the molecule is COCC(C)n1c(C(C)Cl)nc2cc(C)cnc21. The molecule has 0 N–H and O–H groups in total. The second-order valence-corrected chi connectivity index (χ2v) is 5.27. The molecule has 0 spiro atoms. The Hall–Kier alpha value is -1.13. The molecule has 98 valence electrons. The quantitative estimate of drug-likeness (QED) is 0.799. The minimum Gasteiger partial charge on any atom is -0.383 e. The van der Waals surface area contributed by atoms with Gasteiger partial charge in [-0.25, -0.2) is 9.97 Å². The standard InChI is InChI=1S/C13H18ClN3O/c1-8-5-11-13(15-6-8)17(9(2)7-18-4)12(16-11)10(3)14/h5-6,9-10H,7H2,1-4H3. The summed E-state index contributed by atoms with van der Waals surface area (Å²) >= 11 is 6.21. The van der Waals surface area contributed by atoms with Gasteiger partial charge in [0.25, 0.3) is 0 Å². The zero-order valence-electron chi connectivity index (χ0n) is 11.1. The number of hydrogen-bond acceptors (Lipinski definition) is 3. The highest BCUT2D eigenvalue weighted by molar-refractivity contribution is 6.20. The number of aryl methyl sites for hydroxylation is 1. The number of alkyl halides is 1. The fourth-order valence-electron chi connectivity index (χ4n) is 2.13. The molecule has 2 heterocycles. The zero-order valence-corrected chi connectivity index (χ0v) is 11.9. The van der Waals surface area contributed by atoms with Crippen LogP contribution in [0.15, 0.2) is 12.3 Å². The van der Waals surface area contributed by atoms with E-state index >= 15 is 0 Å². The Labute approximate surface area is 112 Å². The van der Waals surface area contributed by atoms with Crippen molar-refractivity contribution in [2.24, 2.45) is 0 Å². The first-order chi connectivity index (χ1) is 8.54. The molecule has 0 aliphatic carbocycles. The van der Waals surface area contributed by atoms with E-state index in [2.05, 4.69) is 21.5 Å². The molecule has 2 atom stereocenters. The van der Waals surface area contributed by atoms with Crippen LogP contribution in [0.5, 0.6) is 0 Å². The van der Waals surface area contributed by atoms with Gasteiger partial charge in [0.1, 0.15) is 11.3 Å². The number of hydrogen-bond donors (Lipinski definition) is 0. The van der Waals surface area contributed by atoms with Crippen molar-refractivity contribution in [1.29, 1.82) is 0 Å². The number of imidazole rings is 1. The molecule has 0 aromatic carbocycles. The second kappa shape index (κ2) is 5.24. The summed E-state index contributed by atoms with van der Waals surface area (Å²) in [6.45, 7) is 6.62. The lowest BCUT2D eigenvalue weighted by Gasteiger charge is -2.17. The molecule has 2 unspecified atom stereocenters. The van der Waals surface area contributed by atoms with E-state index in [0.29, 0.717) is 6.61 Å². The number of pyridine rings is 1. The van der Waals surface area contributed by atoms with Gasteiger partial charge in [-0.3, -0.25) is 0 Å². The third kappa shape index (κ3) is 2.35. The lowest BCUT2D eigenvalue weighted by Crippen LogP contribution is -2.15. The van der Waals surface area contributed by atoms with Crippen molar-refractivity contribution >= 4 is 22.8 Å². The summed E-state index contributed by atoms with van der Waals surface area (Å²) in [5.74, 6) is 0.842. The topological polar surface area (TPSA) is 39.9 Å². The van der Waals surface area contributed by atoms with Crippen molar-refractivity contribution in [2.75, 3.05) is 13.7 Å². The maximum atomic E-state index is 6.21. The number of nitrogens with zero attached hydrogens (tertiary/aromatic N) is 3. The first kappa shape index (κ1) is 13.3. The van der Waals surface area contributed by atoms with Crippen LogP contribution < -0.4 is 0 Å². The van der Waals surface area contributed by atoms with Crippen LogP contribution in [-0.2, 0) is 4.74 Å². The fraction of sp³-hybridized carbons (Fsp3) is 0.538. The third-order valence-corrected chi connectivity index (χ3v) is 3.09. The Kier molecular flexibility index (Phi) is 3.88. The highest BCUT2D eigenvalue weighted by Gasteiger charge is 2.19. The number of aromatic nitrogens is 3. The van der Waals surface area contributed by atoms with Crippen LogP contribution in [0, 0.1) is 6.92 Å². The van der Waals surface area contributed by atoms with Crippen molar-refractivity contribution in [3.8, 4) is 0 Å². The number of fused-ring (bicyclic) bond motifs is 1. The third-order valence-electron chi connectivity index (χ3n) is 2.90. The van der Waals surface area contributed by atoms with Gasteiger partial charge in [0.15, 0.2) is 5.65 Å². The van der Waals surface area contributed by atoms with Crippen LogP contribution in [0.2, 0.25) is 0 Å². The lowest BCUT2D eigenvalue weighted by atomic mass is 10.3. The van der Waals surface area contributed by atoms with E-state index in [1.54, 1.807) is 7.11 Å². The Bertz CT molecular complexity index is 550. The molecule has 0 aliphatic heterocycles. The monoisotopic (exact) mass is 267 g/mol. The van der Waals surface area contributed by atoms with Crippen LogP contribution in [0.3, 0.4) is 0 Å². The summed E-state index contributed by atoms with van der Waals surface area (Å²) in [4.78, 5) is 9.06. The van der Waals surface area contributed by atoms with Crippen molar-refractivity contribution in [1.82, 2.24) is 14.5 Å². The van der Waals surface area contributed by atoms with E-state index in [0.717, 1.165) is 22.6 Å². The summed E-state index contributed by atoms with van der Waals surface area (Å²) < 4.78 is 7.28. The molecule has 2 aromatic rings. The molecule has 0 fully saturated rings. The molecule has 0 amide bonds. The number of halogens is 1. The molecule has 0 saturated carbocycles. The number of ether oxygens (including phenoxy) is 1. The van der Waals surface area contributed by atoms with Gasteiger partial charge in [-0.2, -0.15) is 0 Å². The Morgan fingerprint density at radius 1 is 1.44 bits per heavy atom. The van der Waals surface area contributed by atoms with Gasteiger partial charge in [-0.05, 0) is 32.4 Å². The molecular formula is C13H18ClN3O. The zero-order chi connectivity index (χ0) is 13.3. The normalized spacial score (nSPS) is 14.9. The van der Waals surface area contributed by atoms with Crippen molar-refractivity contribution in [2.45, 2.75) is 32.2 Å². The van der Waals surface area contributed by atoms with Crippen LogP contribution in [0.25, 0.3) is 11.2 Å². The molecule has 0 aliphatic rings. The van der Waals surface area contributed by atoms with Crippen molar-refractivity contribution in [3.05, 3.63) is 23.7 Å². The fourth-order valence-corrected chi connectivity index (χ4v) is 2.29.